The van der Waals surface area contributed by atoms with Crippen LogP contribution < -0.4 is 5.32 Å². The lowest BCUT2D eigenvalue weighted by Crippen LogP contribution is -2.05. The molecule has 0 spiro atoms. The summed E-state index contributed by atoms with van der Waals surface area (Å²) in [6, 6.07) is 1.77. The smallest absolute Gasteiger partial charge is 0.190 e. The van der Waals surface area contributed by atoms with Crippen LogP contribution in [-0.2, 0) is 0 Å². The first-order chi connectivity index (χ1) is 8.11. The standard InChI is InChI=1S/C12H20ClN3S/c1-9(2)6-4-5-7-14-11-8-10(13)15-12(16-11)17-3/h8-9H,4-7H2,1-3H3,(H,14,15,16). The summed E-state index contributed by atoms with van der Waals surface area (Å²) in [6.07, 6.45) is 5.63. The van der Waals surface area contributed by atoms with Crippen molar-refractivity contribution in [3.8, 4) is 0 Å². The minimum Gasteiger partial charge on any atom is -0.370 e. The zero-order chi connectivity index (χ0) is 12.7. The third-order valence-electron chi connectivity index (χ3n) is 2.37. The van der Waals surface area contributed by atoms with Gasteiger partial charge in [-0.25, -0.2) is 9.97 Å². The van der Waals surface area contributed by atoms with Gasteiger partial charge >= 0.3 is 0 Å². The van der Waals surface area contributed by atoms with E-state index in [1.807, 2.05) is 6.26 Å². The first-order valence-electron chi connectivity index (χ1n) is 5.94. The number of unbranched alkanes of at least 4 members (excludes halogenated alkanes) is 1. The number of rotatable bonds is 7. The predicted molar refractivity (Wildman–Crippen MR) is 76.0 cm³/mol. The lowest BCUT2D eigenvalue weighted by Gasteiger charge is -2.07. The molecule has 96 valence electrons. The van der Waals surface area contributed by atoms with Crippen molar-refractivity contribution in [1.82, 2.24) is 9.97 Å². The summed E-state index contributed by atoms with van der Waals surface area (Å²) in [5.41, 5.74) is 0. The second kappa shape index (κ2) is 7.77. The van der Waals surface area contributed by atoms with Crippen LogP contribution in [0.5, 0.6) is 0 Å². The fourth-order valence-electron chi connectivity index (χ4n) is 1.47. The highest BCUT2D eigenvalue weighted by atomic mass is 35.5. The maximum atomic E-state index is 5.91. The van der Waals surface area contributed by atoms with E-state index in [-0.39, 0.29) is 0 Å². The molecule has 0 aliphatic heterocycles. The van der Waals surface area contributed by atoms with Crippen LogP contribution in [0, 0.1) is 5.92 Å². The fourth-order valence-corrected chi connectivity index (χ4v) is 2.09. The Morgan fingerprint density at radius 2 is 2.12 bits per heavy atom. The number of anilines is 1. The van der Waals surface area contributed by atoms with E-state index in [0.717, 1.165) is 24.7 Å². The first kappa shape index (κ1) is 14.6. The Bertz CT molecular complexity index is 345. The number of nitrogens with one attached hydrogen (secondary N) is 1. The van der Waals surface area contributed by atoms with Crippen LogP contribution >= 0.6 is 23.4 Å². The largest absolute Gasteiger partial charge is 0.370 e. The van der Waals surface area contributed by atoms with E-state index in [1.165, 1.54) is 24.6 Å². The molecule has 0 aliphatic carbocycles. The molecule has 1 aromatic rings. The van der Waals surface area contributed by atoms with Crippen molar-refractivity contribution in [3.05, 3.63) is 11.2 Å². The van der Waals surface area contributed by atoms with Crippen molar-refractivity contribution in [2.24, 2.45) is 5.92 Å². The number of nitrogens with zero attached hydrogens (tertiary/aromatic N) is 2. The summed E-state index contributed by atoms with van der Waals surface area (Å²) in [5.74, 6) is 1.60. The molecule has 0 saturated heterocycles. The van der Waals surface area contributed by atoms with E-state index in [9.17, 15) is 0 Å². The molecule has 1 N–H and O–H groups in total. The third-order valence-corrected chi connectivity index (χ3v) is 3.11. The van der Waals surface area contributed by atoms with Gasteiger partial charge in [0.05, 0.1) is 0 Å². The second-order valence-electron chi connectivity index (χ2n) is 4.38. The Balaban J connectivity index is 2.33. The number of thioether (sulfide) groups is 1. The number of halogens is 1. The predicted octanol–water partition coefficient (Wildman–Crippen LogP) is 4.09. The molecule has 17 heavy (non-hydrogen) atoms. The van der Waals surface area contributed by atoms with Gasteiger partial charge in [-0.2, -0.15) is 0 Å². The van der Waals surface area contributed by atoms with Crippen molar-refractivity contribution in [2.45, 2.75) is 38.3 Å². The average Bonchev–Trinajstić information content (AvgIpc) is 2.27. The Hall–Kier alpha value is -0.480. The molecule has 0 aromatic carbocycles. The number of hydrogen-bond donors (Lipinski definition) is 1. The quantitative estimate of drug-likeness (QED) is 0.351. The van der Waals surface area contributed by atoms with Gasteiger partial charge in [-0.15, -0.1) is 0 Å². The summed E-state index contributed by atoms with van der Waals surface area (Å²) in [5, 5.41) is 4.49. The maximum absolute atomic E-state index is 5.91. The molecule has 1 rings (SSSR count). The van der Waals surface area contributed by atoms with Gasteiger partial charge in [-0.05, 0) is 18.6 Å². The third kappa shape index (κ3) is 6.13. The maximum Gasteiger partial charge on any atom is 0.190 e. The van der Waals surface area contributed by atoms with E-state index in [1.54, 1.807) is 6.07 Å². The van der Waals surface area contributed by atoms with Crippen LogP contribution in [0.25, 0.3) is 0 Å². The van der Waals surface area contributed by atoms with Crippen LogP contribution in [0.15, 0.2) is 11.2 Å². The van der Waals surface area contributed by atoms with Gasteiger partial charge in [-0.3, -0.25) is 0 Å². The molecule has 1 aromatic heterocycles. The summed E-state index contributed by atoms with van der Waals surface area (Å²) >= 11 is 7.40. The minimum atomic E-state index is 0.494. The van der Waals surface area contributed by atoms with Crippen LogP contribution in [0.4, 0.5) is 5.82 Å². The molecule has 0 aliphatic rings. The van der Waals surface area contributed by atoms with Gasteiger partial charge in [0, 0.05) is 12.6 Å². The zero-order valence-corrected chi connectivity index (χ0v) is 12.2. The molecule has 0 bridgehead atoms. The molecule has 0 saturated carbocycles. The Morgan fingerprint density at radius 3 is 2.76 bits per heavy atom. The molecule has 0 fully saturated rings. The lowest BCUT2D eigenvalue weighted by atomic mass is 10.1. The Labute approximate surface area is 113 Å². The monoisotopic (exact) mass is 273 g/mol. The molecule has 1 heterocycles. The van der Waals surface area contributed by atoms with Crippen LogP contribution in [0.2, 0.25) is 5.15 Å². The minimum absolute atomic E-state index is 0.494. The highest BCUT2D eigenvalue weighted by molar-refractivity contribution is 7.98. The highest BCUT2D eigenvalue weighted by Gasteiger charge is 2.01. The SMILES string of the molecule is CSc1nc(Cl)cc(NCCCCC(C)C)n1. The molecule has 0 atom stereocenters. The van der Waals surface area contributed by atoms with Gasteiger partial charge in [-0.1, -0.05) is 50.1 Å². The molecule has 5 heteroatoms. The molecule has 0 radical (unpaired) electrons. The summed E-state index contributed by atoms with van der Waals surface area (Å²) in [6.45, 7) is 5.44. The molecule has 0 amide bonds. The number of hydrogen-bond acceptors (Lipinski definition) is 4. The topological polar surface area (TPSA) is 37.8 Å². The lowest BCUT2D eigenvalue weighted by molar-refractivity contribution is 0.544. The van der Waals surface area contributed by atoms with Crippen LogP contribution in [0.3, 0.4) is 0 Å². The van der Waals surface area contributed by atoms with Crippen LogP contribution in [-0.4, -0.2) is 22.8 Å². The van der Waals surface area contributed by atoms with Gasteiger partial charge < -0.3 is 5.32 Å². The van der Waals surface area contributed by atoms with E-state index < -0.39 is 0 Å². The van der Waals surface area contributed by atoms with E-state index >= 15 is 0 Å². The number of aromatic nitrogens is 2. The van der Waals surface area contributed by atoms with E-state index in [2.05, 4.69) is 29.1 Å². The van der Waals surface area contributed by atoms with Crippen molar-refractivity contribution >= 4 is 29.2 Å². The van der Waals surface area contributed by atoms with Crippen LogP contribution in [0.1, 0.15) is 33.1 Å². The van der Waals surface area contributed by atoms with Gasteiger partial charge in [0.1, 0.15) is 11.0 Å². The van der Waals surface area contributed by atoms with Gasteiger partial charge in [0.2, 0.25) is 0 Å². The molecule has 0 unspecified atom stereocenters. The molecular weight excluding hydrogens is 254 g/mol. The van der Waals surface area contributed by atoms with Crippen molar-refractivity contribution in [2.75, 3.05) is 18.1 Å². The normalized spacial score (nSPS) is 10.9. The van der Waals surface area contributed by atoms with E-state index in [4.69, 9.17) is 11.6 Å². The molecule has 3 nitrogen and oxygen atoms in total. The van der Waals surface area contributed by atoms with Gasteiger partial charge in [0.25, 0.3) is 0 Å². The highest BCUT2D eigenvalue weighted by Crippen LogP contribution is 2.17. The summed E-state index contributed by atoms with van der Waals surface area (Å²) in [7, 11) is 0. The Kier molecular flexibility index (Phi) is 6.66. The van der Waals surface area contributed by atoms with Gasteiger partial charge in [0.15, 0.2) is 5.16 Å². The van der Waals surface area contributed by atoms with E-state index in [0.29, 0.717) is 10.3 Å². The zero-order valence-electron chi connectivity index (χ0n) is 10.7. The summed E-state index contributed by atoms with van der Waals surface area (Å²) < 4.78 is 0. The Morgan fingerprint density at radius 1 is 1.35 bits per heavy atom. The second-order valence-corrected chi connectivity index (χ2v) is 5.54. The average molecular weight is 274 g/mol. The summed E-state index contributed by atoms with van der Waals surface area (Å²) in [4.78, 5) is 8.44. The molecular formula is C12H20ClN3S. The first-order valence-corrected chi connectivity index (χ1v) is 7.54. The fraction of sp³-hybridized carbons (Fsp3) is 0.667. The van der Waals surface area contributed by atoms with Crippen molar-refractivity contribution in [1.29, 1.82) is 0 Å². The van der Waals surface area contributed by atoms with Crippen molar-refractivity contribution in [3.63, 3.8) is 0 Å². The van der Waals surface area contributed by atoms with Crippen molar-refractivity contribution < 1.29 is 0 Å².